The van der Waals surface area contributed by atoms with Crippen molar-refractivity contribution in [3.63, 3.8) is 0 Å². The van der Waals surface area contributed by atoms with E-state index in [1.54, 1.807) is 0 Å². The van der Waals surface area contributed by atoms with Crippen molar-refractivity contribution in [2.45, 2.75) is 44.2 Å². The number of unbranched alkanes of at least 4 members (excludes halogenated alkanes) is 1. The van der Waals surface area contributed by atoms with Crippen LogP contribution in [0.1, 0.15) is 32.6 Å². The molecule has 0 spiro atoms. The molecular weight excluding hydrogens is 170 g/mol. The van der Waals surface area contributed by atoms with Gasteiger partial charge in [-0.3, -0.25) is 4.79 Å². The molecule has 0 saturated heterocycles. The molecule has 76 valence electrons. The smallest absolute Gasteiger partial charge is 0.323 e. The van der Waals surface area contributed by atoms with Crippen molar-refractivity contribution in [3.8, 4) is 0 Å². The number of nitrogens with two attached hydrogens (primary N) is 1. The molecule has 1 aliphatic rings. The summed E-state index contributed by atoms with van der Waals surface area (Å²) in [7, 11) is 0. The van der Waals surface area contributed by atoms with Crippen molar-refractivity contribution in [3.05, 3.63) is 0 Å². The summed E-state index contributed by atoms with van der Waals surface area (Å²) >= 11 is 0. The molecule has 1 aliphatic carbocycles. The topological polar surface area (TPSA) is 83.5 Å². The fraction of sp³-hybridized carbons (Fsp3) is 0.889. The number of hydrogen-bond acceptors (Lipinski definition) is 3. The van der Waals surface area contributed by atoms with Crippen LogP contribution >= 0.6 is 0 Å². The molecule has 4 heteroatoms. The van der Waals surface area contributed by atoms with Gasteiger partial charge in [-0.25, -0.2) is 0 Å². The van der Waals surface area contributed by atoms with Gasteiger partial charge in [0.1, 0.15) is 6.04 Å². The van der Waals surface area contributed by atoms with Gasteiger partial charge in [-0.15, -0.1) is 0 Å². The normalized spacial score (nSPS) is 34.2. The lowest BCUT2D eigenvalue weighted by Crippen LogP contribution is -2.44. The third-order valence-electron chi connectivity index (χ3n) is 2.83. The van der Waals surface area contributed by atoms with Crippen LogP contribution in [-0.4, -0.2) is 27.8 Å². The van der Waals surface area contributed by atoms with E-state index in [0.717, 1.165) is 19.3 Å². The van der Waals surface area contributed by atoms with Crippen molar-refractivity contribution in [1.82, 2.24) is 0 Å². The predicted octanol–water partition coefficient (Wildman–Crippen LogP) is 0.339. The number of carbonyl (C=O) groups is 1. The van der Waals surface area contributed by atoms with Gasteiger partial charge in [0.25, 0.3) is 0 Å². The summed E-state index contributed by atoms with van der Waals surface area (Å²) < 4.78 is 0. The predicted molar refractivity (Wildman–Crippen MR) is 48.2 cm³/mol. The summed E-state index contributed by atoms with van der Waals surface area (Å²) in [5.74, 6) is -1.01. The van der Waals surface area contributed by atoms with E-state index in [4.69, 9.17) is 10.8 Å². The molecule has 2 unspecified atom stereocenters. The van der Waals surface area contributed by atoms with Crippen LogP contribution in [0.25, 0.3) is 0 Å². The van der Waals surface area contributed by atoms with Gasteiger partial charge in [0, 0.05) is 0 Å². The summed E-state index contributed by atoms with van der Waals surface area (Å²) in [5.41, 5.74) is 4.24. The van der Waals surface area contributed by atoms with Crippen LogP contribution in [0.15, 0.2) is 0 Å². The van der Waals surface area contributed by atoms with Crippen molar-refractivity contribution in [2.75, 3.05) is 0 Å². The summed E-state index contributed by atoms with van der Waals surface area (Å²) in [5, 5.41) is 18.4. The molecule has 0 bridgehead atoms. The molecule has 3 atom stereocenters. The fourth-order valence-corrected chi connectivity index (χ4v) is 1.73. The molecule has 4 N–H and O–H groups in total. The van der Waals surface area contributed by atoms with Crippen LogP contribution in [-0.2, 0) is 4.79 Å². The summed E-state index contributed by atoms with van der Waals surface area (Å²) in [6.07, 6.45) is 3.52. The Bertz CT molecular complexity index is 207. The highest BCUT2D eigenvalue weighted by Crippen LogP contribution is 2.48. The molecular formula is C9H17NO3. The molecule has 0 aliphatic heterocycles. The first-order valence-electron chi connectivity index (χ1n) is 4.73. The van der Waals surface area contributed by atoms with E-state index >= 15 is 0 Å². The molecule has 4 nitrogen and oxygen atoms in total. The molecule has 0 aromatic heterocycles. The van der Waals surface area contributed by atoms with E-state index in [-0.39, 0.29) is 5.92 Å². The minimum atomic E-state index is -1.12. The molecule has 1 saturated carbocycles. The van der Waals surface area contributed by atoms with Crippen LogP contribution in [0.2, 0.25) is 0 Å². The average molecular weight is 187 g/mol. The van der Waals surface area contributed by atoms with E-state index in [1.165, 1.54) is 0 Å². The first-order chi connectivity index (χ1) is 6.02. The Hall–Kier alpha value is -0.610. The van der Waals surface area contributed by atoms with Gasteiger partial charge < -0.3 is 15.9 Å². The molecule has 1 rings (SSSR count). The van der Waals surface area contributed by atoms with Crippen molar-refractivity contribution < 1.29 is 15.0 Å². The van der Waals surface area contributed by atoms with Crippen LogP contribution < -0.4 is 5.73 Å². The van der Waals surface area contributed by atoms with Gasteiger partial charge in [-0.05, 0) is 18.8 Å². The molecule has 0 heterocycles. The lowest BCUT2D eigenvalue weighted by atomic mass is 10.0. The van der Waals surface area contributed by atoms with Crippen LogP contribution in [0.5, 0.6) is 0 Å². The first kappa shape index (κ1) is 10.5. The third kappa shape index (κ3) is 2.00. The maximum atomic E-state index is 10.5. The third-order valence-corrected chi connectivity index (χ3v) is 2.83. The molecule has 0 aromatic carbocycles. The first-order valence-corrected chi connectivity index (χ1v) is 4.73. The summed E-state index contributed by atoms with van der Waals surface area (Å²) in [6.45, 7) is 2.07. The number of carboxylic acid groups (broad SMARTS) is 1. The Labute approximate surface area is 77.7 Å². The Balaban J connectivity index is 2.40. The van der Waals surface area contributed by atoms with Gasteiger partial charge in [-0.2, -0.15) is 0 Å². The van der Waals surface area contributed by atoms with Gasteiger partial charge >= 0.3 is 5.97 Å². The van der Waals surface area contributed by atoms with E-state index in [0.29, 0.717) is 6.42 Å². The van der Waals surface area contributed by atoms with Gasteiger partial charge in [0.05, 0.1) is 5.60 Å². The fourth-order valence-electron chi connectivity index (χ4n) is 1.73. The maximum Gasteiger partial charge on any atom is 0.323 e. The zero-order valence-electron chi connectivity index (χ0n) is 7.86. The lowest BCUT2D eigenvalue weighted by Gasteiger charge is -2.14. The Kier molecular flexibility index (Phi) is 2.93. The maximum absolute atomic E-state index is 10.5. The minimum absolute atomic E-state index is 0.0959. The van der Waals surface area contributed by atoms with Gasteiger partial charge in [0.15, 0.2) is 0 Å². The second-order valence-electron chi connectivity index (χ2n) is 3.85. The molecule has 13 heavy (non-hydrogen) atoms. The van der Waals surface area contributed by atoms with Crippen LogP contribution in [0.3, 0.4) is 0 Å². The van der Waals surface area contributed by atoms with Gasteiger partial charge in [-0.1, -0.05) is 19.8 Å². The SMILES string of the molecule is CCCCC1CC1(O)[C@H](N)C(=O)O. The molecule has 0 aromatic rings. The second kappa shape index (κ2) is 3.64. The number of aliphatic hydroxyl groups is 1. The highest BCUT2D eigenvalue weighted by molar-refractivity contribution is 5.75. The van der Waals surface area contributed by atoms with Crippen molar-refractivity contribution in [2.24, 2.45) is 11.7 Å². The Morgan fingerprint density at radius 2 is 2.38 bits per heavy atom. The minimum Gasteiger partial charge on any atom is -0.480 e. The monoisotopic (exact) mass is 187 g/mol. The lowest BCUT2D eigenvalue weighted by molar-refractivity contribution is -0.142. The van der Waals surface area contributed by atoms with E-state index in [2.05, 4.69) is 6.92 Å². The highest BCUT2D eigenvalue weighted by atomic mass is 16.4. The standard InChI is InChI=1S/C9H17NO3/c1-2-3-4-6-5-9(6,13)7(10)8(11)12/h6-7,13H,2-5,10H2,1H3,(H,11,12)/t6?,7-,9?/m1/s1. The zero-order chi connectivity index (χ0) is 10.1. The quantitative estimate of drug-likeness (QED) is 0.579. The number of carboxylic acids is 1. The average Bonchev–Trinajstić information content (AvgIpc) is 2.73. The largest absolute Gasteiger partial charge is 0.480 e. The summed E-state index contributed by atoms with van der Waals surface area (Å²) in [6, 6.07) is -1.12. The molecule has 0 radical (unpaired) electrons. The number of hydrogen-bond donors (Lipinski definition) is 3. The molecule has 0 amide bonds. The number of rotatable bonds is 5. The highest BCUT2D eigenvalue weighted by Gasteiger charge is 2.58. The van der Waals surface area contributed by atoms with Crippen molar-refractivity contribution in [1.29, 1.82) is 0 Å². The Morgan fingerprint density at radius 1 is 1.77 bits per heavy atom. The van der Waals surface area contributed by atoms with Gasteiger partial charge in [0.2, 0.25) is 0 Å². The molecule has 1 fully saturated rings. The van der Waals surface area contributed by atoms with Crippen LogP contribution in [0.4, 0.5) is 0 Å². The van der Waals surface area contributed by atoms with E-state index < -0.39 is 17.6 Å². The van der Waals surface area contributed by atoms with E-state index in [9.17, 15) is 9.90 Å². The number of aliphatic carboxylic acids is 1. The zero-order valence-corrected chi connectivity index (χ0v) is 7.86. The second-order valence-corrected chi connectivity index (χ2v) is 3.85. The van der Waals surface area contributed by atoms with E-state index in [1.807, 2.05) is 0 Å². The van der Waals surface area contributed by atoms with Crippen molar-refractivity contribution >= 4 is 5.97 Å². The summed E-state index contributed by atoms with van der Waals surface area (Å²) in [4.78, 5) is 10.5. The van der Waals surface area contributed by atoms with Crippen LogP contribution in [0, 0.1) is 5.92 Å². The Morgan fingerprint density at radius 3 is 2.85 bits per heavy atom.